The van der Waals surface area contributed by atoms with Gasteiger partial charge in [0.2, 0.25) is 0 Å². The number of carbonyl (C=O) groups excluding carboxylic acids is 1. The van der Waals surface area contributed by atoms with Crippen molar-refractivity contribution in [3.63, 3.8) is 0 Å². The zero-order valence-corrected chi connectivity index (χ0v) is 16.1. The molecule has 0 aromatic carbocycles. The number of hydrogen-bond acceptors (Lipinski definition) is 4. The second-order valence-electron chi connectivity index (χ2n) is 7.16. The third-order valence-electron chi connectivity index (χ3n) is 5.58. The molecule has 2 aliphatic rings. The number of piperidine rings is 1. The van der Waals surface area contributed by atoms with Gasteiger partial charge < -0.3 is 14.7 Å². The first-order valence-electron chi connectivity index (χ1n) is 9.08. The highest BCUT2D eigenvalue weighted by molar-refractivity contribution is 7.14. The molecule has 0 bridgehead atoms. The Bertz CT molecular complexity index is 929. The molecule has 1 amide bonds. The molecule has 1 spiro atoms. The number of likely N-dealkylation sites (tertiary alicyclic amines) is 1. The van der Waals surface area contributed by atoms with E-state index in [0.717, 1.165) is 15.0 Å². The third-order valence-corrected chi connectivity index (χ3v) is 6.93. The van der Waals surface area contributed by atoms with Gasteiger partial charge in [-0.1, -0.05) is 0 Å². The Morgan fingerprint density at radius 2 is 2.00 bits per heavy atom. The van der Waals surface area contributed by atoms with Crippen molar-refractivity contribution in [1.29, 1.82) is 0 Å². The fourth-order valence-electron chi connectivity index (χ4n) is 4.12. The summed E-state index contributed by atoms with van der Waals surface area (Å²) in [7, 11) is 0. The summed E-state index contributed by atoms with van der Waals surface area (Å²) in [6.07, 6.45) is 1.70. The highest BCUT2D eigenvalue weighted by Crippen LogP contribution is 2.45. The van der Waals surface area contributed by atoms with Crippen LogP contribution in [0.3, 0.4) is 0 Å². The van der Waals surface area contributed by atoms with Crippen molar-refractivity contribution in [3.8, 4) is 0 Å². The molecule has 2 aromatic heterocycles. The van der Waals surface area contributed by atoms with Crippen LogP contribution in [0.5, 0.6) is 0 Å². The molecule has 4 rings (SSSR count). The summed E-state index contributed by atoms with van der Waals surface area (Å²) in [5, 5.41) is 9.29. The van der Waals surface area contributed by atoms with Crippen LogP contribution in [0.15, 0.2) is 18.2 Å². The molecule has 0 radical (unpaired) electrons. The first-order valence-corrected chi connectivity index (χ1v) is 9.90. The van der Waals surface area contributed by atoms with Crippen LogP contribution in [0.2, 0.25) is 0 Å². The molecule has 1 saturated heterocycles. The molecule has 28 heavy (non-hydrogen) atoms. The summed E-state index contributed by atoms with van der Waals surface area (Å²) in [5.74, 6) is -1.37. The van der Waals surface area contributed by atoms with E-state index in [-0.39, 0.29) is 5.69 Å². The normalized spacial score (nSPS) is 18.5. The zero-order valence-electron chi connectivity index (χ0n) is 15.3. The van der Waals surface area contributed by atoms with Gasteiger partial charge in [-0.15, -0.1) is 11.3 Å². The van der Waals surface area contributed by atoms with E-state index >= 15 is 0 Å². The van der Waals surface area contributed by atoms with E-state index in [4.69, 9.17) is 4.74 Å². The summed E-state index contributed by atoms with van der Waals surface area (Å²) in [5.41, 5.74) is 0.726. The van der Waals surface area contributed by atoms with Crippen molar-refractivity contribution < 1.29 is 28.2 Å². The minimum atomic E-state index is -2.77. The minimum Gasteiger partial charge on any atom is -0.477 e. The van der Waals surface area contributed by atoms with E-state index in [9.17, 15) is 23.5 Å². The number of fused-ring (bicyclic) bond motifs is 2. The SMILES string of the molecule is Cc1ccc(C(=O)N2CCC3(CC2)OCCc2cc(C(=O)O)sc23)n1C(F)F. The van der Waals surface area contributed by atoms with Gasteiger partial charge in [-0.25, -0.2) is 4.79 Å². The van der Waals surface area contributed by atoms with Crippen LogP contribution < -0.4 is 0 Å². The standard InChI is InChI=1S/C19H20F2N2O4S/c1-11-2-3-13(23(11)18(20)21)16(24)22-7-5-19(6-8-22)15-12(4-9-27-19)10-14(28-15)17(25)26/h2-3,10,18H,4-9H2,1H3,(H,25,26). The van der Waals surface area contributed by atoms with Crippen LogP contribution in [0.25, 0.3) is 0 Å². The van der Waals surface area contributed by atoms with Crippen molar-refractivity contribution in [2.75, 3.05) is 19.7 Å². The van der Waals surface area contributed by atoms with Crippen LogP contribution in [0.1, 0.15) is 55.7 Å². The van der Waals surface area contributed by atoms with Crippen molar-refractivity contribution >= 4 is 23.2 Å². The highest BCUT2D eigenvalue weighted by Gasteiger charge is 2.44. The number of carboxylic acid groups (broad SMARTS) is 1. The molecular formula is C19H20F2N2O4S. The fraction of sp³-hybridized carbons (Fsp3) is 0.474. The number of carbonyl (C=O) groups is 2. The fourth-order valence-corrected chi connectivity index (χ4v) is 5.36. The number of alkyl halides is 2. The molecule has 1 fully saturated rings. The molecule has 150 valence electrons. The van der Waals surface area contributed by atoms with E-state index in [0.29, 0.717) is 49.5 Å². The molecule has 9 heteroatoms. The van der Waals surface area contributed by atoms with E-state index in [2.05, 4.69) is 0 Å². The lowest BCUT2D eigenvalue weighted by Gasteiger charge is -2.43. The van der Waals surface area contributed by atoms with Crippen molar-refractivity contribution in [2.24, 2.45) is 0 Å². The minimum absolute atomic E-state index is 0.0158. The lowest BCUT2D eigenvalue weighted by Crippen LogP contribution is -2.48. The lowest BCUT2D eigenvalue weighted by atomic mass is 9.85. The van der Waals surface area contributed by atoms with Gasteiger partial charge >= 0.3 is 12.5 Å². The Balaban J connectivity index is 1.55. The van der Waals surface area contributed by atoms with Crippen LogP contribution in [-0.4, -0.2) is 46.1 Å². The van der Waals surface area contributed by atoms with Crippen molar-refractivity contribution in [1.82, 2.24) is 9.47 Å². The quantitative estimate of drug-likeness (QED) is 0.838. The van der Waals surface area contributed by atoms with Crippen LogP contribution >= 0.6 is 11.3 Å². The van der Waals surface area contributed by atoms with Gasteiger partial charge in [-0.3, -0.25) is 9.36 Å². The van der Waals surface area contributed by atoms with Crippen molar-refractivity contribution in [3.05, 3.63) is 44.9 Å². The van der Waals surface area contributed by atoms with Crippen molar-refractivity contribution in [2.45, 2.75) is 38.3 Å². The second kappa shape index (κ2) is 6.97. The van der Waals surface area contributed by atoms with Crippen LogP contribution in [0, 0.1) is 6.92 Å². The average Bonchev–Trinajstić information content (AvgIpc) is 3.27. The van der Waals surface area contributed by atoms with E-state index in [1.165, 1.54) is 23.5 Å². The molecule has 0 unspecified atom stereocenters. The van der Waals surface area contributed by atoms with E-state index in [1.807, 2.05) is 0 Å². The Morgan fingerprint density at radius 3 is 2.64 bits per heavy atom. The Labute approximate surface area is 164 Å². The van der Waals surface area contributed by atoms with E-state index < -0.39 is 24.0 Å². The maximum Gasteiger partial charge on any atom is 0.345 e. The average molecular weight is 410 g/mol. The molecule has 0 atom stereocenters. The van der Waals surface area contributed by atoms with Gasteiger partial charge in [-0.05, 0) is 49.9 Å². The maximum atomic E-state index is 13.3. The van der Waals surface area contributed by atoms with E-state index in [1.54, 1.807) is 17.9 Å². The summed E-state index contributed by atoms with van der Waals surface area (Å²) in [6, 6.07) is 4.66. The maximum absolute atomic E-state index is 13.3. The number of thiophene rings is 1. The van der Waals surface area contributed by atoms with Gasteiger partial charge in [0, 0.05) is 23.7 Å². The molecule has 2 aromatic rings. The Morgan fingerprint density at radius 1 is 1.29 bits per heavy atom. The number of aryl methyl sites for hydroxylation is 1. The van der Waals surface area contributed by atoms with Gasteiger partial charge in [0.25, 0.3) is 5.91 Å². The number of hydrogen-bond donors (Lipinski definition) is 1. The monoisotopic (exact) mass is 410 g/mol. The van der Waals surface area contributed by atoms with Gasteiger partial charge in [-0.2, -0.15) is 8.78 Å². The largest absolute Gasteiger partial charge is 0.477 e. The second-order valence-corrected chi connectivity index (χ2v) is 8.21. The Hall–Kier alpha value is -2.26. The zero-order chi connectivity index (χ0) is 20.1. The first-order chi connectivity index (χ1) is 13.3. The number of amides is 1. The smallest absolute Gasteiger partial charge is 0.345 e. The number of ether oxygens (including phenoxy) is 1. The number of rotatable bonds is 3. The predicted molar refractivity (Wildman–Crippen MR) is 98.2 cm³/mol. The van der Waals surface area contributed by atoms with Gasteiger partial charge in [0.15, 0.2) is 0 Å². The topological polar surface area (TPSA) is 71.8 Å². The van der Waals surface area contributed by atoms with Crippen LogP contribution in [-0.2, 0) is 16.8 Å². The summed E-state index contributed by atoms with van der Waals surface area (Å²) < 4.78 is 33.4. The Kier molecular flexibility index (Phi) is 4.75. The molecule has 4 heterocycles. The van der Waals surface area contributed by atoms with Gasteiger partial charge in [0.1, 0.15) is 16.2 Å². The van der Waals surface area contributed by atoms with Gasteiger partial charge in [0.05, 0.1) is 6.61 Å². The number of nitrogens with zero attached hydrogens (tertiary/aromatic N) is 2. The van der Waals surface area contributed by atoms with Crippen LogP contribution in [0.4, 0.5) is 8.78 Å². The first kappa shape index (κ1) is 19.1. The molecule has 2 aliphatic heterocycles. The highest BCUT2D eigenvalue weighted by atomic mass is 32.1. The number of aromatic nitrogens is 1. The molecule has 0 aliphatic carbocycles. The lowest BCUT2D eigenvalue weighted by molar-refractivity contribution is -0.0908. The molecule has 6 nitrogen and oxygen atoms in total. The number of halogens is 2. The summed E-state index contributed by atoms with van der Waals surface area (Å²) in [4.78, 5) is 26.9. The number of aromatic carboxylic acids is 1. The molecular weight excluding hydrogens is 390 g/mol. The third kappa shape index (κ3) is 3.02. The summed E-state index contributed by atoms with van der Waals surface area (Å²) in [6.45, 7) is 0.0137. The summed E-state index contributed by atoms with van der Waals surface area (Å²) >= 11 is 1.23. The molecule has 1 N–H and O–H groups in total. The molecule has 0 saturated carbocycles. The number of carboxylic acids is 1. The predicted octanol–water partition coefficient (Wildman–Crippen LogP) is 3.66.